The summed E-state index contributed by atoms with van der Waals surface area (Å²) in [5, 5.41) is 31.7. The molecule has 12 nitrogen and oxygen atoms in total. The van der Waals surface area contributed by atoms with Crippen LogP contribution in [0.5, 0.6) is 0 Å². The minimum atomic E-state index is -1.67. The maximum absolute atomic E-state index is 12.6. The van der Waals surface area contributed by atoms with E-state index in [2.05, 4.69) is 17.9 Å². The Morgan fingerprint density at radius 2 is 1.79 bits per heavy atom. The van der Waals surface area contributed by atoms with Gasteiger partial charge in [0.2, 0.25) is 17.7 Å². The number of aliphatic carboxylic acids is 2. The molecule has 7 N–H and O–H groups in total. The van der Waals surface area contributed by atoms with Crippen molar-refractivity contribution < 1.29 is 39.3 Å². The van der Waals surface area contributed by atoms with E-state index < -0.39 is 66.4 Å². The van der Waals surface area contributed by atoms with E-state index in [0.717, 1.165) is 0 Å². The molecule has 0 radical (unpaired) electrons. The average molecular weight is 434 g/mol. The molecule has 164 valence electrons. The summed E-state index contributed by atoms with van der Waals surface area (Å²) in [6.07, 6.45) is -1.10. The second-order valence-corrected chi connectivity index (χ2v) is 7.06. The normalized spacial score (nSPS) is 20.3. The quantitative estimate of drug-likeness (QED) is 0.177. The lowest BCUT2D eigenvalue weighted by atomic mass is 10.1. The number of nitrogens with two attached hydrogens (primary N) is 1. The molecular weight excluding hydrogens is 408 g/mol. The predicted octanol–water partition coefficient (Wildman–Crippen LogP) is -2.86. The number of carboxylic acids is 2. The van der Waals surface area contributed by atoms with Gasteiger partial charge in [-0.1, -0.05) is 0 Å². The second kappa shape index (κ2) is 11.0. The maximum Gasteiger partial charge on any atom is 0.326 e. The van der Waals surface area contributed by atoms with Gasteiger partial charge < -0.3 is 36.6 Å². The van der Waals surface area contributed by atoms with E-state index in [1.165, 1.54) is 11.8 Å². The Balaban J connectivity index is 2.80. The monoisotopic (exact) mass is 434 g/mol. The van der Waals surface area contributed by atoms with Crippen molar-refractivity contribution >= 4 is 42.3 Å². The first kappa shape index (κ1) is 24.7. The predicted molar refractivity (Wildman–Crippen MR) is 102 cm³/mol. The van der Waals surface area contributed by atoms with Crippen LogP contribution in [0.3, 0.4) is 0 Å². The zero-order chi connectivity index (χ0) is 22.3. The van der Waals surface area contributed by atoms with Crippen LogP contribution >= 0.6 is 12.6 Å². The third kappa shape index (κ3) is 6.87. The average Bonchev–Trinajstić information content (AvgIpc) is 3.13. The molecule has 0 aromatic heterocycles. The van der Waals surface area contributed by atoms with E-state index in [-0.39, 0.29) is 12.3 Å². The van der Waals surface area contributed by atoms with Gasteiger partial charge >= 0.3 is 11.9 Å². The Morgan fingerprint density at radius 1 is 1.17 bits per heavy atom. The van der Waals surface area contributed by atoms with Gasteiger partial charge in [-0.05, 0) is 19.8 Å². The molecule has 0 aromatic rings. The van der Waals surface area contributed by atoms with Gasteiger partial charge in [0.05, 0.1) is 12.5 Å². The number of nitrogens with zero attached hydrogens (tertiary/aromatic N) is 1. The molecule has 5 atom stereocenters. The van der Waals surface area contributed by atoms with Crippen LogP contribution in [0.25, 0.3) is 0 Å². The second-order valence-electron chi connectivity index (χ2n) is 6.70. The van der Waals surface area contributed by atoms with Crippen LogP contribution in [0, 0.1) is 0 Å². The molecule has 0 aliphatic carbocycles. The highest BCUT2D eigenvalue weighted by atomic mass is 32.1. The fourth-order valence-electron chi connectivity index (χ4n) is 2.81. The highest BCUT2D eigenvalue weighted by Crippen LogP contribution is 2.19. The lowest BCUT2D eigenvalue weighted by Crippen LogP contribution is -2.58. The minimum absolute atomic E-state index is 0.190. The van der Waals surface area contributed by atoms with Gasteiger partial charge in [0, 0.05) is 12.3 Å². The zero-order valence-corrected chi connectivity index (χ0v) is 16.7. The molecule has 3 amide bonds. The third-order valence-electron chi connectivity index (χ3n) is 4.45. The first-order chi connectivity index (χ1) is 13.5. The fraction of sp³-hybridized carbons (Fsp3) is 0.688. The molecule has 1 aliphatic rings. The minimum Gasteiger partial charge on any atom is -0.481 e. The highest BCUT2D eigenvalue weighted by Gasteiger charge is 2.38. The van der Waals surface area contributed by atoms with Crippen LogP contribution in [-0.2, 0) is 24.0 Å². The van der Waals surface area contributed by atoms with Crippen LogP contribution in [0.2, 0.25) is 0 Å². The van der Waals surface area contributed by atoms with Gasteiger partial charge in [-0.3, -0.25) is 19.2 Å². The lowest BCUT2D eigenvalue weighted by molar-refractivity contribution is -0.147. The third-order valence-corrected chi connectivity index (χ3v) is 4.82. The van der Waals surface area contributed by atoms with Crippen LogP contribution in [0.1, 0.15) is 26.2 Å². The van der Waals surface area contributed by atoms with Crippen molar-refractivity contribution in [2.75, 3.05) is 12.3 Å². The number of aliphatic hydroxyl groups excluding tert-OH is 1. The Labute approximate surface area is 172 Å². The number of thiol groups is 1. The molecule has 1 heterocycles. The summed E-state index contributed by atoms with van der Waals surface area (Å²) < 4.78 is 0. The molecular formula is C16H26N4O8S. The topological polar surface area (TPSA) is 199 Å². The van der Waals surface area contributed by atoms with E-state index in [4.69, 9.17) is 15.9 Å². The summed E-state index contributed by atoms with van der Waals surface area (Å²) in [4.78, 5) is 60.3. The fourth-order valence-corrected chi connectivity index (χ4v) is 3.07. The van der Waals surface area contributed by atoms with Crippen molar-refractivity contribution in [1.29, 1.82) is 0 Å². The van der Waals surface area contributed by atoms with Crippen molar-refractivity contribution in [3.05, 3.63) is 0 Å². The van der Waals surface area contributed by atoms with Crippen LogP contribution < -0.4 is 16.4 Å². The molecule has 0 saturated carbocycles. The zero-order valence-electron chi connectivity index (χ0n) is 15.8. The lowest BCUT2D eigenvalue weighted by Gasteiger charge is -2.29. The standard InChI is InChI=1S/C16H26N4O8S/c1-7(21)12(17)15(26)20-4-2-3-10(20)14(25)19-9(6-29)13(24)18-8(16(27)28)5-11(22)23/h7-10,12,21,29H,2-6,17H2,1H3,(H,18,24)(H,19,25)(H,22,23)(H,27,28). The SMILES string of the molecule is CC(O)C(N)C(=O)N1CCCC1C(=O)NC(CS)C(=O)NC(CC(=O)O)C(=O)O. The van der Waals surface area contributed by atoms with E-state index in [0.29, 0.717) is 12.8 Å². The smallest absolute Gasteiger partial charge is 0.326 e. The number of likely N-dealkylation sites (tertiary alicyclic amines) is 1. The van der Waals surface area contributed by atoms with Gasteiger partial charge in [-0.25, -0.2) is 4.79 Å². The van der Waals surface area contributed by atoms with Crippen molar-refractivity contribution in [1.82, 2.24) is 15.5 Å². The van der Waals surface area contributed by atoms with Crippen molar-refractivity contribution in [3.8, 4) is 0 Å². The number of hydrogen-bond acceptors (Lipinski definition) is 8. The number of rotatable bonds is 10. The van der Waals surface area contributed by atoms with Crippen molar-refractivity contribution in [2.45, 2.75) is 56.5 Å². The highest BCUT2D eigenvalue weighted by molar-refractivity contribution is 7.80. The molecule has 0 spiro atoms. The first-order valence-corrected chi connectivity index (χ1v) is 9.53. The number of hydrogen-bond donors (Lipinski definition) is 7. The molecule has 1 fully saturated rings. The summed E-state index contributed by atoms with van der Waals surface area (Å²) in [5.74, 6) is -5.32. The van der Waals surface area contributed by atoms with Gasteiger partial charge in [-0.15, -0.1) is 0 Å². The largest absolute Gasteiger partial charge is 0.481 e. The Morgan fingerprint density at radius 3 is 2.28 bits per heavy atom. The number of amides is 3. The number of carboxylic acid groups (broad SMARTS) is 2. The molecule has 1 aliphatic heterocycles. The summed E-state index contributed by atoms with van der Waals surface area (Å²) in [5.41, 5.74) is 5.65. The van der Waals surface area contributed by atoms with Gasteiger partial charge in [0.1, 0.15) is 24.2 Å². The Bertz CT molecular complexity index is 659. The molecule has 0 aromatic carbocycles. The Hall–Kier alpha value is -2.38. The molecule has 29 heavy (non-hydrogen) atoms. The van der Waals surface area contributed by atoms with E-state index in [9.17, 15) is 29.1 Å². The van der Waals surface area contributed by atoms with E-state index in [1.807, 2.05) is 5.32 Å². The van der Waals surface area contributed by atoms with Crippen molar-refractivity contribution in [3.63, 3.8) is 0 Å². The molecule has 13 heteroatoms. The molecule has 5 unspecified atom stereocenters. The van der Waals surface area contributed by atoms with Gasteiger partial charge in [-0.2, -0.15) is 12.6 Å². The first-order valence-electron chi connectivity index (χ1n) is 8.89. The van der Waals surface area contributed by atoms with E-state index >= 15 is 0 Å². The van der Waals surface area contributed by atoms with E-state index in [1.54, 1.807) is 0 Å². The van der Waals surface area contributed by atoms with Gasteiger partial charge in [0.25, 0.3) is 0 Å². The number of aliphatic hydroxyl groups is 1. The van der Waals surface area contributed by atoms with Crippen LogP contribution in [0.4, 0.5) is 0 Å². The molecule has 1 saturated heterocycles. The van der Waals surface area contributed by atoms with Crippen LogP contribution in [-0.4, -0.2) is 92.4 Å². The molecule has 1 rings (SSSR count). The number of carbonyl (C=O) groups is 5. The summed E-state index contributed by atoms with van der Waals surface area (Å²) in [6, 6.07) is -5.02. The van der Waals surface area contributed by atoms with Gasteiger partial charge in [0.15, 0.2) is 0 Å². The van der Waals surface area contributed by atoms with Crippen LogP contribution in [0.15, 0.2) is 0 Å². The summed E-state index contributed by atoms with van der Waals surface area (Å²) >= 11 is 3.97. The van der Waals surface area contributed by atoms with Crippen molar-refractivity contribution in [2.24, 2.45) is 5.73 Å². The maximum atomic E-state index is 12.6. The Kier molecular flexibility index (Phi) is 9.33. The molecule has 0 bridgehead atoms. The number of carbonyl (C=O) groups excluding carboxylic acids is 3. The summed E-state index contributed by atoms with van der Waals surface area (Å²) in [6.45, 7) is 1.61. The number of nitrogens with one attached hydrogen (secondary N) is 2. The summed E-state index contributed by atoms with van der Waals surface area (Å²) in [7, 11) is 0.